The van der Waals surface area contributed by atoms with Gasteiger partial charge in [0.25, 0.3) is 8.32 Å². The van der Waals surface area contributed by atoms with Crippen LogP contribution in [0.4, 0.5) is 0 Å². The van der Waals surface area contributed by atoms with Crippen molar-refractivity contribution >= 4 is 14.6 Å². The quantitative estimate of drug-likeness (QED) is 0.198. The van der Waals surface area contributed by atoms with E-state index in [1.807, 2.05) is 6.08 Å². The lowest BCUT2D eigenvalue weighted by Gasteiger charge is -2.28. The van der Waals surface area contributed by atoms with Crippen LogP contribution in [0.15, 0.2) is 11.8 Å². The summed E-state index contributed by atoms with van der Waals surface area (Å²) in [6, 6.07) is 3.25. The molecule has 0 bridgehead atoms. The molecule has 0 N–H and O–H groups in total. The third-order valence-electron chi connectivity index (χ3n) is 3.29. The predicted molar refractivity (Wildman–Crippen MR) is 72.0 cm³/mol. The Morgan fingerprint density at radius 3 is 2.06 bits per heavy atom. The Kier molecular flexibility index (Phi) is 8.26. The van der Waals surface area contributed by atoms with Crippen LogP contribution in [-0.2, 0) is 9.22 Å². The third kappa shape index (κ3) is 4.97. The Morgan fingerprint density at radius 2 is 1.69 bits per heavy atom. The minimum absolute atomic E-state index is 0.575. The largest absolute Gasteiger partial charge is 0.542 e. The number of aldehydes is 1. The zero-order valence-electron chi connectivity index (χ0n) is 11.2. The van der Waals surface area contributed by atoms with Crippen LogP contribution in [0.3, 0.4) is 0 Å². The number of carbonyl (C=O) groups is 1. The van der Waals surface area contributed by atoms with Gasteiger partial charge in [0.15, 0.2) is 6.29 Å². The average molecular weight is 242 g/mol. The number of rotatable bonds is 9. The van der Waals surface area contributed by atoms with E-state index in [0.717, 1.165) is 43.7 Å². The summed E-state index contributed by atoms with van der Waals surface area (Å²) in [6.45, 7) is 8.67. The third-order valence-corrected chi connectivity index (χ3v) is 7.82. The second-order valence-electron chi connectivity index (χ2n) is 4.21. The van der Waals surface area contributed by atoms with Gasteiger partial charge in [0, 0.05) is 0 Å². The van der Waals surface area contributed by atoms with Crippen LogP contribution in [0.5, 0.6) is 0 Å². The molecule has 0 amide bonds. The van der Waals surface area contributed by atoms with Gasteiger partial charge in [0.05, 0.1) is 0 Å². The maximum atomic E-state index is 11.0. The maximum absolute atomic E-state index is 11.0. The molecule has 0 radical (unpaired) electrons. The summed E-state index contributed by atoms with van der Waals surface area (Å²) in [5, 5.41) is 0. The van der Waals surface area contributed by atoms with Gasteiger partial charge in [-0.3, -0.25) is 4.79 Å². The summed E-state index contributed by atoms with van der Waals surface area (Å²) in [5.74, 6) is 0.575. The van der Waals surface area contributed by atoms with Crippen molar-refractivity contribution < 1.29 is 9.22 Å². The van der Waals surface area contributed by atoms with Crippen LogP contribution in [-0.4, -0.2) is 14.6 Å². The van der Waals surface area contributed by atoms with E-state index in [-0.39, 0.29) is 0 Å². The molecule has 0 aliphatic carbocycles. The van der Waals surface area contributed by atoms with Crippen molar-refractivity contribution in [1.29, 1.82) is 0 Å². The van der Waals surface area contributed by atoms with Gasteiger partial charge in [-0.05, 0) is 37.0 Å². The molecule has 0 aromatic heterocycles. The highest BCUT2D eigenvalue weighted by atomic mass is 28.4. The highest BCUT2D eigenvalue weighted by Crippen LogP contribution is 2.24. The van der Waals surface area contributed by atoms with Gasteiger partial charge >= 0.3 is 0 Å². The van der Waals surface area contributed by atoms with Crippen molar-refractivity contribution in [3.05, 3.63) is 11.8 Å². The molecule has 0 saturated heterocycles. The molecule has 94 valence electrons. The fraction of sp³-hybridized carbons (Fsp3) is 0.769. The van der Waals surface area contributed by atoms with E-state index < -0.39 is 8.32 Å². The van der Waals surface area contributed by atoms with Crippen LogP contribution >= 0.6 is 0 Å². The fourth-order valence-corrected chi connectivity index (χ4v) is 4.34. The van der Waals surface area contributed by atoms with Crippen LogP contribution < -0.4 is 0 Å². The molecule has 2 nitrogen and oxygen atoms in total. The fourth-order valence-electron chi connectivity index (χ4n) is 1.78. The summed E-state index contributed by atoms with van der Waals surface area (Å²) < 4.78 is 6.01. The predicted octanol–water partition coefficient (Wildman–Crippen LogP) is 4.28. The van der Waals surface area contributed by atoms with E-state index in [1.54, 1.807) is 0 Å². The second kappa shape index (κ2) is 8.56. The molecule has 16 heavy (non-hydrogen) atoms. The van der Waals surface area contributed by atoms with Gasteiger partial charge in [-0.1, -0.05) is 34.1 Å². The van der Waals surface area contributed by atoms with Crippen molar-refractivity contribution in [3.8, 4) is 0 Å². The number of hydrogen-bond acceptors (Lipinski definition) is 2. The number of carbonyl (C=O) groups excluding carboxylic acids is 1. The Balaban J connectivity index is 4.48. The topological polar surface area (TPSA) is 26.3 Å². The summed E-state index contributed by atoms with van der Waals surface area (Å²) in [6.07, 6.45) is 6.06. The van der Waals surface area contributed by atoms with Gasteiger partial charge in [-0.2, -0.15) is 0 Å². The van der Waals surface area contributed by atoms with Crippen molar-refractivity contribution in [2.75, 3.05) is 0 Å². The highest BCUT2D eigenvalue weighted by Gasteiger charge is 2.31. The second-order valence-corrected chi connectivity index (χ2v) is 8.90. The molecule has 0 aliphatic rings. The van der Waals surface area contributed by atoms with Gasteiger partial charge in [-0.15, -0.1) is 0 Å². The number of allylic oxidation sites excluding steroid dienone is 2. The van der Waals surface area contributed by atoms with E-state index >= 15 is 0 Å². The van der Waals surface area contributed by atoms with Gasteiger partial charge in [0.1, 0.15) is 5.76 Å². The molecule has 0 unspecified atom stereocenters. The van der Waals surface area contributed by atoms with Crippen LogP contribution in [0.25, 0.3) is 0 Å². The van der Waals surface area contributed by atoms with E-state index in [2.05, 4.69) is 27.7 Å². The molecule has 0 aromatic carbocycles. The molecule has 0 rings (SSSR count). The Bertz CT molecular complexity index is 212. The minimum Gasteiger partial charge on any atom is -0.542 e. The Hall–Kier alpha value is -0.573. The summed E-state index contributed by atoms with van der Waals surface area (Å²) >= 11 is 0. The van der Waals surface area contributed by atoms with Gasteiger partial charge < -0.3 is 4.43 Å². The molecule has 0 spiro atoms. The smallest absolute Gasteiger partial charge is 0.250 e. The first-order chi connectivity index (χ1) is 7.67. The molecule has 0 saturated carbocycles. The van der Waals surface area contributed by atoms with Crippen molar-refractivity contribution in [1.82, 2.24) is 0 Å². The van der Waals surface area contributed by atoms with Crippen molar-refractivity contribution in [2.45, 2.75) is 65.1 Å². The first-order valence-electron chi connectivity index (χ1n) is 6.52. The number of unbranched alkanes of at least 4 members (excludes halogenated alkanes) is 2. The van der Waals surface area contributed by atoms with Gasteiger partial charge in [-0.25, -0.2) is 0 Å². The molecule has 3 heteroatoms. The molecule has 0 aliphatic heterocycles. The van der Waals surface area contributed by atoms with Gasteiger partial charge in [0.2, 0.25) is 0 Å². The van der Waals surface area contributed by atoms with Crippen molar-refractivity contribution in [2.24, 2.45) is 0 Å². The lowest BCUT2D eigenvalue weighted by molar-refractivity contribution is -0.106. The molecular formula is C13H26O2Si. The zero-order chi connectivity index (χ0) is 12.4. The first kappa shape index (κ1) is 15.4. The Labute approximate surface area is 101 Å². The summed E-state index contributed by atoms with van der Waals surface area (Å²) in [4.78, 5) is 11.0. The van der Waals surface area contributed by atoms with E-state index in [0.29, 0.717) is 5.76 Å². The lowest BCUT2D eigenvalue weighted by Crippen LogP contribution is -2.35. The van der Waals surface area contributed by atoms with Crippen LogP contribution in [0.2, 0.25) is 18.1 Å². The van der Waals surface area contributed by atoms with Crippen molar-refractivity contribution in [3.63, 3.8) is 0 Å². The molecular weight excluding hydrogens is 216 g/mol. The van der Waals surface area contributed by atoms with Crippen LogP contribution in [0.1, 0.15) is 47.0 Å². The standard InChI is InChI=1S/C13H26O2Si/c1-5-9-10-11-13(12-14)15-16(6-2,7-3)8-4/h11-12H,5-10H2,1-4H3/b13-11+. The normalized spacial score (nSPS) is 12.6. The molecule has 0 fully saturated rings. The molecule has 0 heterocycles. The van der Waals surface area contributed by atoms with E-state index in [4.69, 9.17) is 4.43 Å². The zero-order valence-corrected chi connectivity index (χ0v) is 12.2. The first-order valence-corrected chi connectivity index (χ1v) is 9.05. The van der Waals surface area contributed by atoms with Crippen LogP contribution in [0, 0.1) is 0 Å². The minimum atomic E-state index is -1.66. The summed E-state index contributed by atoms with van der Waals surface area (Å²) in [5.41, 5.74) is 0. The SMILES string of the molecule is CCCC/C=C(\C=O)O[Si](CC)(CC)CC. The Morgan fingerprint density at radius 1 is 1.12 bits per heavy atom. The summed E-state index contributed by atoms with van der Waals surface area (Å²) in [7, 11) is -1.66. The van der Waals surface area contributed by atoms with E-state index in [9.17, 15) is 4.79 Å². The number of hydrogen-bond donors (Lipinski definition) is 0. The maximum Gasteiger partial charge on any atom is 0.250 e. The molecule has 0 atom stereocenters. The monoisotopic (exact) mass is 242 g/mol. The highest BCUT2D eigenvalue weighted by molar-refractivity contribution is 6.74. The van der Waals surface area contributed by atoms with E-state index in [1.165, 1.54) is 0 Å². The molecule has 0 aromatic rings. The average Bonchev–Trinajstić information content (AvgIpc) is 2.34. The lowest BCUT2D eigenvalue weighted by atomic mass is 10.2.